The van der Waals surface area contributed by atoms with E-state index < -0.39 is 0 Å². The van der Waals surface area contributed by atoms with Crippen molar-refractivity contribution in [3.8, 4) is 22.6 Å². The molecule has 1 amide bonds. The van der Waals surface area contributed by atoms with Crippen LogP contribution in [0.3, 0.4) is 0 Å². The van der Waals surface area contributed by atoms with Gasteiger partial charge in [-0.15, -0.1) is 0 Å². The Morgan fingerprint density at radius 2 is 1.78 bits per heavy atom. The van der Waals surface area contributed by atoms with E-state index in [2.05, 4.69) is 22.8 Å². The first-order valence-corrected chi connectivity index (χ1v) is 12.9. The molecule has 188 valence electrons. The molecule has 7 nitrogen and oxygen atoms in total. The van der Waals surface area contributed by atoms with Gasteiger partial charge in [0.15, 0.2) is 11.5 Å². The van der Waals surface area contributed by atoms with Crippen molar-refractivity contribution in [2.75, 3.05) is 18.5 Å². The molecule has 2 N–H and O–H groups in total. The van der Waals surface area contributed by atoms with Crippen LogP contribution >= 0.6 is 11.6 Å². The number of nitrogens with one attached hydrogen (secondary N) is 2. The molecule has 2 atom stereocenters. The van der Waals surface area contributed by atoms with E-state index in [0.29, 0.717) is 29.7 Å². The van der Waals surface area contributed by atoms with Crippen LogP contribution in [-0.2, 0) is 0 Å². The van der Waals surface area contributed by atoms with Gasteiger partial charge in [-0.05, 0) is 74.2 Å². The fraction of sp³-hybridized carbons (Fsp3) is 0.276. The third kappa shape index (κ3) is 4.91. The molecule has 0 unspecified atom stereocenters. The molecule has 4 aromatic rings. The van der Waals surface area contributed by atoms with Gasteiger partial charge >= 0.3 is 0 Å². The second-order valence-corrected chi connectivity index (χ2v) is 9.96. The van der Waals surface area contributed by atoms with Gasteiger partial charge in [-0.2, -0.15) is 0 Å². The summed E-state index contributed by atoms with van der Waals surface area (Å²) in [5, 5.41) is 8.23. The molecule has 2 heterocycles. The highest BCUT2D eigenvalue weighted by Gasteiger charge is 2.27. The average molecular weight is 515 g/mol. The molecule has 8 heteroatoms. The first-order valence-electron chi connectivity index (χ1n) is 12.5. The minimum absolute atomic E-state index is 0.0763. The molecule has 0 saturated heterocycles. The average Bonchev–Trinajstić information content (AvgIpc) is 3.35. The number of rotatable bonds is 5. The van der Waals surface area contributed by atoms with Crippen molar-refractivity contribution in [3.63, 3.8) is 0 Å². The fourth-order valence-electron chi connectivity index (χ4n) is 5.11. The molecule has 1 fully saturated rings. The predicted molar refractivity (Wildman–Crippen MR) is 145 cm³/mol. The Morgan fingerprint density at radius 3 is 2.65 bits per heavy atom. The summed E-state index contributed by atoms with van der Waals surface area (Å²) in [5.74, 6) is 2.09. The summed E-state index contributed by atoms with van der Waals surface area (Å²) in [4.78, 5) is 22.1. The van der Waals surface area contributed by atoms with Gasteiger partial charge in [-0.3, -0.25) is 4.79 Å². The van der Waals surface area contributed by atoms with Gasteiger partial charge in [-0.1, -0.05) is 29.8 Å². The van der Waals surface area contributed by atoms with Crippen LogP contribution in [0.1, 0.15) is 35.3 Å². The monoisotopic (exact) mass is 514 g/mol. The Labute approximate surface area is 220 Å². The lowest BCUT2D eigenvalue weighted by molar-refractivity contribution is 0.0938. The lowest BCUT2D eigenvalue weighted by Gasteiger charge is -2.21. The number of ether oxygens (including phenoxy) is 2. The third-order valence-corrected chi connectivity index (χ3v) is 7.22. The summed E-state index contributed by atoms with van der Waals surface area (Å²) in [5.41, 5.74) is 4.44. The van der Waals surface area contributed by atoms with Gasteiger partial charge in [0, 0.05) is 33.6 Å². The van der Waals surface area contributed by atoms with Crippen LogP contribution in [0.5, 0.6) is 11.5 Å². The fourth-order valence-corrected chi connectivity index (χ4v) is 5.24. The molecule has 0 spiro atoms. The Morgan fingerprint density at radius 1 is 0.973 bits per heavy atom. The molecule has 1 aromatic heterocycles. The van der Waals surface area contributed by atoms with Crippen LogP contribution in [0.15, 0.2) is 60.7 Å². The summed E-state index contributed by atoms with van der Waals surface area (Å²) >= 11 is 5.93. The SMILES string of the molecule is Cc1nc(N[C@@H]2CC[C@H](NC(=O)c3ccc(Cl)cc3)C2)nc2ccc(-c3cccc4c3OCCO4)cc12. The number of carbonyl (C=O) groups excluding carboxylic acids is 1. The van der Waals surface area contributed by atoms with Crippen molar-refractivity contribution in [2.45, 2.75) is 38.3 Å². The maximum Gasteiger partial charge on any atom is 0.251 e. The highest BCUT2D eigenvalue weighted by Crippen LogP contribution is 2.40. The van der Waals surface area contributed by atoms with E-state index in [1.165, 1.54) is 0 Å². The van der Waals surface area contributed by atoms with E-state index in [9.17, 15) is 4.79 Å². The number of halogens is 1. The van der Waals surface area contributed by atoms with Gasteiger partial charge in [0.1, 0.15) is 13.2 Å². The lowest BCUT2D eigenvalue weighted by atomic mass is 10.0. The summed E-state index contributed by atoms with van der Waals surface area (Å²) in [6.45, 7) is 3.11. The van der Waals surface area contributed by atoms with Crippen molar-refractivity contribution in [1.82, 2.24) is 15.3 Å². The second kappa shape index (κ2) is 9.90. The minimum Gasteiger partial charge on any atom is -0.486 e. The second-order valence-electron chi connectivity index (χ2n) is 9.53. The minimum atomic E-state index is -0.0763. The van der Waals surface area contributed by atoms with Crippen LogP contribution in [0.25, 0.3) is 22.0 Å². The van der Waals surface area contributed by atoms with Gasteiger partial charge in [0.25, 0.3) is 5.91 Å². The molecule has 1 saturated carbocycles. The molecule has 0 bridgehead atoms. The summed E-state index contributed by atoms with van der Waals surface area (Å²) < 4.78 is 11.7. The summed E-state index contributed by atoms with van der Waals surface area (Å²) in [6.07, 6.45) is 2.66. The quantitative estimate of drug-likeness (QED) is 0.350. The molecule has 6 rings (SSSR count). The molecule has 2 aliphatic rings. The third-order valence-electron chi connectivity index (χ3n) is 6.97. The van der Waals surface area contributed by atoms with E-state index >= 15 is 0 Å². The van der Waals surface area contributed by atoms with Crippen molar-refractivity contribution < 1.29 is 14.3 Å². The number of carbonyl (C=O) groups is 1. The van der Waals surface area contributed by atoms with E-state index in [-0.39, 0.29) is 18.0 Å². The number of aryl methyl sites for hydroxylation is 1. The van der Waals surface area contributed by atoms with Crippen molar-refractivity contribution in [1.29, 1.82) is 0 Å². The lowest BCUT2D eigenvalue weighted by Crippen LogP contribution is -2.34. The Hall–Kier alpha value is -3.84. The Bertz CT molecular complexity index is 1470. The molecular formula is C29H27ClN4O3. The van der Waals surface area contributed by atoms with Crippen LogP contribution in [0.4, 0.5) is 5.95 Å². The van der Waals surface area contributed by atoms with Crippen molar-refractivity contribution >= 4 is 34.4 Å². The molecule has 37 heavy (non-hydrogen) atoms. The predicted octanol–water partition coefficient (Wildman–Crippen LogP) is 5.79. The zero-order chi connectivity index (χ0) is 25.4. The molecule has 1 aliphatic heterocycles. The topological polar surface area (TPSA) is 85.4 Å². The van der Waals surface area contributed by atoms with Crippen LogP contribution in [0.2, 0.25) is 5.02 Å². The number of hydrogen-bond donors (Lipinski definition) is 2. The van der Waals surface area contributed by atoms with E-state index in [1.54, 1.807) is 24.3 Å². The zero-order valence-corrected chi connectivity index (χ0v) is 21.2. The van der Waals surface area contributed by atoms with Crippen LogP contribution < -0.4 is 20.1 Å². The molecule has 3 aromatic carbocycles. The van der Waals surface area contributed by atoms with Gasteiger partial charge < -0.3 is 20.1 Å². The molecule has 0 radical (unpaired) electrons. The first kappa shape index (κ1) is 23.6. The Balaban J connectivity index is 1.16. The van der Waals surface area contributed by atoms with E-state index in [0.717, 1.165) is 58.5 Å². The van der Waals surface area contributed by atoms with E-state index in [4.69, 9.17) is 31.0 Å². The van der Waals surface area contributed by atoms with Crippen molar-refractivity contribution in [2.24, 2.45) is 0 Å². The largest absolute Gasteiger partial charge is 0.486 e. The number of benzene rings is 3. The number of nitrogens with zero attached hydrogens (tertiary/aromatic N) is 2. The van der Waals surface area contributed by atoms with Crippen LogP contribution in [0, 0.1) is 6.92 Å². The number of aromatic nitrogens is 2. The molecular weight excluding hydrogens is 488 g/mol. The number of para-hydroxylation sites is 1. The standard InChI is InChI=1S/C29H27ClN4O3/c1-17-24-15-19(23-3-2-4-26-27(23)37-14-13-36-26)7-12-25(24)34-29(31-17)33-22-11-10-21(16-22)32-28(35)18-5-8-20(30)9-6-18/h2-9,12,15,21-22H,10-11,13-14,16H2,1H3,(H,32,35)(H,31,33,34)/t21-,22+/m0/s1. The highest BCUT2D eigenvalue weighted by molar-refractivity contribution is 6.30. The maximum atomic E-state index is 12.6. The first-order chi connectivity index (χ1) is 18.0. The number of anilines is 1. The zero-order valence-electron chi connectivity index (χ0n) is 20.5. The van der Waals surface area contributed by atoms with E-state index in [1.807, 2.05) is 31.2 Å². The number of fused-ring (bicyclic) bond motifs is 2. The number of amides is 1. The summed E-state index contributed by atoms with van der Waals surface area (Å²) in [6, 6.07) is 19.4. The number of hydrogen-bond acceptors (Lipinski definition) is 6. The van der Waals surface area contributed by atoms with Gasteiger partial charge in [-0.25, -0.2) is 9.97 Å². The maximum absolute atomic E-state index is 12.6. The normalized spacial score (nSPS) is 18.5. The molecule has 1 aliphatic carbocycles. The van der Waals surface area contributed by atoms with Gasteiger partial charge in [0.05, 0.1) is 11.2 Å². The van der Waals surface area contributed by atoms with Gasteiger partial charge in [0.2, 0.25) is 5.95 Å². The van der Waals surface area contributed by atoms with Crippen molar-refractivity contribution in [3.05, 3.63) is 76.9 Å². The highest BCUT2D eigenvalue weighted by atomic mass is 35.5. The smallest absolute Gasteiger partial charge is 0.251 e. The van der Waals surface area contributed by atoms with Crippen LogP contribution in [-0.4, -0.2) is 41.2 Å². The summed E-state index contributed by atoms with van der Waals surface area (Å²) in [7, 11) is 0. The Kier molecular flexibility index (Phi) is 6.30.